The molecule has 0 saturated carbocycles. The summed E-state index contributed by atoms with van der Waals surface area (Å²) in [5, 5.41) is 5.09. The summed E-state index contributed by atoms with van der Waals surface area (Å²) in [6, 6.07) is 66.3. The van der Waals surface area contributed by atoms with E-state index in [1.54, 1.807) is 0 Å². The fourth-order valence-corrected chi connectivity index (χ4v) is 10.1. The summed E-state index contributed by atoms with van der Waals surface area (Å²) in [5.41, 5.74) is 22.3. The predicted octanol–water partition coefficient (Wildman–Crippen LogP) is 15.6. The van der Waals surface area contributed by atoms with Gasteiger partial charge in [0, 0.05) is 10.8 Å². The van der Waals surface area contributed by atoms with E-state index in [1.165, 1.54) is 116 Å². The van der Waals surface area contributed by atoms with Crippen LogP contribution in [-0.4, -0.2) is 0 Å². The van der Waals surface area contributed by atoms with Gasteiger partial charge in [0.25, 0.3) is 0 Å². The topological polar surface area (TPSA) is 0 Å². The molecule has 2 aliphatic carbocycles. The molecule has 272 valence electrons. The summed E-state index contributed by atoms with van der Waals surface area (Å²) in [7, 11) is 0. The Morgan fingerprint density at radius 2 is 0.649 bits per heavy atom. The maximum atomic E-state index is 2.47. The van der Waals surface area contributed by atoms with Crippen molar-refractivity contribution < 1.29 is 0 Å². The molecule has 9 aromatic carbocycles. The molecule has 0 heterocycles. The van der Waals surface area contributed by atoms with Gasteiger partial charge >= 0.3 is 0 Å². The van der Waals surface area contributed by atoms with Gasteiger partial charge in [-0.3, -0.25) is 0 Å². The average Bonchev–Trinajstić information content (AvgIpc) is 3.61. The Kier molecular flexibility index (Phi) is 7.26. The summed E-state index contributed by atoms with van der Waals surface area (Å²) >= 11 is 0. The lowest BCUT2D eigenvalue weighted by Crippen LogP contribution is -2.15. The highest BCUT2D eigenvalue weighted by Crippen LogP contribution is 2.53. The molecule has 0 aliphatic heterocycles. The molecule has 0 saturated heterocycles. The van der Waals surface area contributed by atoms with Crippen LogP contribution in [0.25, 0.3) is 88.3 Å². The third-order valence-corrected chi connectivity index (χ3v) is 13.4. The molecule has 0 unspecified atom stereocenters. The molecule has 11 rings (SSSR count). The summed E-state index contributed by atoms with van der Waals surface area (Å²) < 4.78 is 0. The zero-order chi connectivity index (χ0) is 38.6. The minimum Gasteiger partial charge on any atom is -0.0622 e. The van der Waals surface area contributed by atoms with Gasteiger partial charge in [-0.25, -0.2) is 0 Å². The van der Waals surface area contributed by atoms with Crippen molar-refractivity contribution in [3.8, 4) is 66.8 Å². The molecule has 0 heteroatoms. The van der Waals surface area contributed by atoms with Crippen molar-refractivity contribution in [2.45, 2.75) is 45.4 Å². The van der Waals surface area contributed by atoms with E-state index in [4.69, 9.17) is 0 Å². The Bertz CT molecular complexity index is 3120. The maximum Gasteiger partial charge on any atom is 0.0159 e. The highest BCUT2D eigenvalue weighted by Gasteiger charge is 2.38. The second kappa shape index (κ2) is 12.2. The van der Waals surface area contributed by atoms with Crippen LogP contribution in [0.15, 0.2) is 176 Å². The van der Waals surface area contributed by atoms with Gasteiger partial charge in [0.1, 0.15) is 0 Å². The first-order valence-electron chi connectivity index (χ1n) is 20.3. The summed E-state index contributed by atoms with van der Waals surface area (Å²) in [6.07, 6.45) is 0. The summed E-state index contributed by atoms with van der Waals surface area (Å²) in [4.78, 5) is 0. The molecule has 0 bridgehead atoms. The fourth-order valence-electron chi connectivity index (χ4n) is 10.1. The van der Waals surface area contributed by atoms with Crippen LogP contribution >= 0.6 is 0 Å². The summed E-state index contributed by atoms with van der Waals surface area (Å²) in [5.74, 6) is 0. The van der Waals surface area contributed by atoms with Crippen LogP contribution in [0.4, 0.5) is 0 Å². The van der Waals surface area contributed by atoms with E-state index >= 15 is 0 Å². The number of fused-ring (bicyclic) bond motifs is 8. The SMILES string of the molecule is Cc1cc2cc(-c3ccc4ccccc4c3)ccc2cc1-c1ccc2c(c1)C(C)(C)c1cc(-c3ccc4c(c3)C(C)(C)c3cc(-c5ccccc5)ccc3-4)ccc1-2. The van der Waals surface area contributed by atoms with Crippen LogP contribution in [0.1, 0.15) is 55.5 Å². The van der Waals surface area contributed by atoms with E-state index in [2.05, 4.69) is 211 Å². The first kappa shape index (κ1) is 33.8. The highest BCUT2D eigenvalue weighted by atomic mass is 14.4. The zero-order valence-corrected chi connectivity index (χ0v) is 33.2. The first-order valence-corrected chi connectivity index (χ1v) is 20.3. The Balaban J connectivity index is 0.913. The molecule has 0 N–H and O–H groups in total. The van der Waals surface area contributed by atoms with Crippen molar-refractivity contribution in [3.63, 3.8) is 0 Å². The quantitative estimate of drug-likeness (QED) is 0.169. The number of benzene rings is 9. The first-order chi connectivity index (χ1) is 27.6. The standard InChI is InChI=1S/C57H44/c1-35-27-46-29-40(39-16-15-37-13-9-10-14-38(37)28-39)17-18-41(46)30-51(35)45-22-26-50-49-25-21-44(33-54(49)57(4,5)55(50)34-45)43-20-24-48-47-23-19-42(36-11-7-6-8-12-36)31-52(47)56(2,3)53(48)32-43/h6-34H,1-5H3. The van der Waals surface area contributed by atoms with Gasteiger partial charge in [0.05, 0.1) is 0 Å². The molecule has 2 aliphatic rings. The van der Waals surface area contributed by atoms with Crippen LogP contribution in [-0.2, 0) is 10.8 Å². The lowest BCUT2D eigenvalue weighted by atomic mass is 9.79. The van der Waals surface area contributed by atoms with Crippen LogP contribution in [0.5, 0.6) is 0 Å². The van der Waals surface area contributed by atoms with Gasteiger partial charge in [-0.15, -0.1) is 0 Å². The molecule has 0 fully saturated rings. The number of rotatable bonds is 4. The molecule has 0 nitrogen and oxygen atoms in total. The Morgan fingerprint density at radius 3 is 1.21 bits per heavy atom. The second-order valence-corrected chi connectivity index (χ2v) is 17.4. The average molecular weight is 729 g/mol. The van der Waals surface area contributed by atoms with Crippen molar-refractivity contribution in [2.24, 2.45) is 0 Å². The normalized spacial score (nSPS) is 14.3. The Morgan fingerprint density at radius 1 is 0.263 bits per heavy atom. The van der Waals surface area contributed by atoms with E-state index in [-0.39, 0.29) is 10.8 Å². The minimum absolute atomic E-state index is 0.0888. The molecule has 0 amide bonds. The van der Waals surface area contributed by atoms with E-state index < -0.39 is 0 Å². The van der Waals surface area contributed by atoms with E-state index in [0.717, 1.165) is 0 Å². The van der Waals surface area contributed by atoms with Crippen molar-refractivity contribution in [2.75, 3.05) is 0 Å². The minimum atomic E-state index is -0.129. The third kappa shape index (κ3) is 5.20. The van der Waals surface area contributed by atoms with Crippen molar-refractivity contribution in [1.29, 1.82) is 0 Å². The number of hydrogen-bond donors (Lipinski definition) is 0. The summed E-state index contributed by atoms with van der Waals surface area (Å²) in [6.45, 7) is 11.8. The molecular weight excluding hydrogens is 685 g/mol. The lowest BCUT2D eigenvalue weighted by molar-refractivity contribution is 0.660. The van der Waals surface area contributed by atoms with Crippen LogP contribution in [0.2, 0.25) is 0 Å². The van der Waals surface area contributed by atoms with Gasteiger partial charge in [-0.05, 0) is 166 Å². The van der Waals surface area contributed by atoms with Crippen LogP contribution < -0.4 is 0 Å². The van der Waals surface area contributed by atoms with Crippen LogP contribution in [0.3, 0.4) is 0 Å². The smallest absolute Gasteiger partial charge is 0.0159 e. The largest absolute Gasteiger partial charge is 0.0622 e. The fraction of sp³-hybridized carbons (Fsp3) is 0.123. The second-order valence-electron chi connectivity index (χ2n) is 17.4. The zero-order valence-electron chi connectivity index (χ0n) is 33.2. The maximum absolute atomic E-state index is 2.47. The van der Waals surface area contributed by atoms with E-state index in [9.17, 15) is 0 Å². The van der Waals surface area contributed by atoms with Crippen molar-refractivity contribution in [1.82, 2.24) is 0 Å². The predicted molar refractivity (Wildman–Crippen MR) is 243 cm³/mol. The monoisotopic (exact) mass is 728 g/mol. The molecule has 57 heavy (non-hydrogen) atoms. The van der Waals surface area contributed by atoms with Gasteiger partial charge in [0.15, 0.2) is 0 Å². The number of hydrogen-bond acceptors (Lipinski definition) is 0. The van der Waals surface area contributed by atoms with Gasteiger partial charge < -0.3 is 0 Å². The lowest BCUT2D eigenvalue weighted by Gasteiger charge is -2.24. The Labute approximate surface area is 336 Å². The van der Waals surface area contributed by atoms with Crippen molar-refractivity contribution >= 4 is 21.5 Å². The third-order valence-electron chi connectivity index (χ3n) is 13.4. The Hall–Kier alpha value is -6.50. The van der Waals surface area contributed by atoms with Crippen LogP contribution in [0, 0.1) is 6.92 Å². The molecule has 0 radical (unpaired) electrons. The molecule has 0 aromatic heterocycles. The van der Waals surface area contributed by atoms with Gasteiger partial charge in [0.2, 0.25) is 0 Å². The van der Waals surface area contributed by atoms with Gasteiger partial charge in [-0.1, -0.05) is 161 Å². The molecular formula is C57H44. The highest BCUT2D eigenvalue weighted by molar-refractivity contribution is 5.95. The van der Waals surface area contributed by atoms with E-state index in [0.29, 0.717) is 0 Å². The van der Waals surface area contributed by atoms with E-state index in [1.807, 2.05) is 0 Å². The van der Waals surface area contributed by atoms with Crippen molar-refractivity contribution in [3.05, 3.63) is 204 Å². The molecule has 0 atom stereocenters. The number of aryl methyl sites for hydroxylation is 1. The van der Waals surface area contributed by atoms with Gasteiger partial charge in [-0.2, -0.15) is 0 Å². The molecule has 0 spiro atoms. The molecule has 9 aromatic rings.